The van der Waals surface area contributed by atoms with Gasteiger partial charge in [0.05, 0.1) is 0 Å². The highest BCUT2D eigenvalue weighted by Gasteiger charge is 2.26. The van der Waals surface area contributed by atoms with Gasteiger partial charge in [-0.2, -0.15) is 0 Å². The van der Waals surface area contributed by atoms with Crippen molar-refractivity contribution in [3.8, 4) is 11.6 Å². The molecule has 0 saturated heterocycles. The number of fused-ring (bicyclic) bond motifs is 1. The van der Waals surface area contributed by atoms with E-state index in [4.69, 9.17) is 4.74 Å². The van der Waals surface area contributed by atoms with E-state index in [1.807, 2.05) is 24.3 Å². The molecule has 2 heterocycles. The third kappa shape index (κ3) is 3.16. The van der Waals surface area contributed by atoms with Crippen molar-refractivity contribution in [3.63, 3.8) is 0 Å². The van der Waals surface area contributed by atoms with Crippen LogP contribution in [0.4, 0.5) is 10.1 Å². The minimum Gasteiger partial charge on any atom is -0.438 e. The summed E-state index contributed by atoms with van der Waals surface area (Å²) < 4.78 is 19.1. The molecular formula is C21H17FN2O2. The van der Waals surface area contributed by atoms with Crippen LogP contribution in [0.5, 0.6) is 11.6 Å². The zero-order valence-electron chi connectivity index (χ0n) is 14.1. The maximum atomic E-state index is 13.4. The van der Waals surface area contributed by atoms with Crippen LogP contribution < -0.4 is 9.64 Å². The van der Waals surface area contributed by atoms with Crippen LogP contribution in [0.2, 0.25) is 0 Å². The molecule has 3 aromatic rings. The standard InChI is InChI=1S/C21H17FN2O2/c22-16-8-3-9-17(14-16)26-20-18(10-4-12-23-20)21(25)24-13-5-7-15-6-1-2-11-19(15)24/h1-4,6,8-12,14H,5,7,13H2. The number of amides is 1. The van der Waals surface area contributed by atoms with Crippen LogP contribution in [0.15, 0.2) is 66.9 Å². The fourth-order valence-electron chi connectivity index (χ4n) is 3.17. The smallest absolute Gasteiger partial charge is 0.263 e. The molecule has 0 atom stereocenters. The van der Waals surface area contributed by atoms with Gasteiger partial charge in [-0.1, -0.05) is 24.3 Å². The van der Waals surface area contributed by atoms with Crippen molar-refractivity contribution in [1.29, 1.82) is 0 Å². The van der Waals surface area contributed by atoms with E-state index in [2.05, 4.69) is 4.98 Å². The van der Waals surface area contributed by atoms with Gasteiger partial charge in [0.15, 0.2) is 0 Å². The third-order valence-corrected chi connectivity index (χ3v) is 4.37. The van der Waals surface area contributed by atoms with Crippen LogP contribution >= 0.6 is 0 Å². The Kier molecular flexibility index (Phi) is 4.35. The lowest BCUT2D eigenvalue weighted by Gasteiger charge is -2.29. The lowest BCUT2D eigenvalue weighted by atomic mass is 10.0. The van der Waals surface area contributed by atoms with Crippen molar-refractivity contribution in [2.45, 2.75) is 12.8 Å². The normalized spacial score (nSPS) is 13.2. The first-order valence-corrected chi connectivity index (χ1v) is 8.50. The van der Waals surface area contributed by atoms with Crippen LogP contribution in [0, 0.1) is 5.82 Å². The molecule has 1 amide bonds. The van der Waals surface area contributed by atoms with E-state index < -0.39 is 5.82 Å². The number of para-hydroxylation sites is 1. The second-order valence-corrected chi connectivity index (χ2v) is 6.10. The Balaban J connectivity index is 1.68. The van der Waals surface area contributed by atoms with Crippen LogP contribution in [-0.2, 0) is 6.42 Å². The number of carbonyl (C=O) groups excluding carboxylic acids is 1. The fraction of sp³-hybridized carbons (Fsp3) is 0.143. The number of aromatic nitrogens is 1. The number of anilines is 1. The first-order valence-electron chi connectivity index (χ1n) is 8.50. The molecule has 2 aromatic carbocycles. The van der Waals surface area contributed by atoms with Gasteiger partial charge in [-0.25, -0.2) is 9.37 Å². The largest absolute Gasteiger partial charge is 0.438 e. The summed E-state index contributed by atoms with van der Waals surface area (Å²) in [5.74, 6) is -0.101. The van der Waals surface area contributed by atoms with E-state index in [1.165, 1.54) is 12.1 Å². The van der Waals surface area contributed by atoms with Crippen molar-refractivity contribution in [2.75, 3.05) is 11.4 Å². The molecule has 0 unspecified atom stereocenters. The van der Waals surface area contributed by atoms with Gasteiger partial charge in [0.25, 0.3) is 5.91 Å². The fourth-order valence-corrected chi connectivity index (χ4v) is 3.17. The molecule has 130 valence electrons. The summed E-state index contributed by atoms with van der Waals surface area (Å²) in [5, 5.41) is 0. The molecule has 1 aliphatic rings. The molecule has 0 N–H and O–H groups in total. The minimum absolute atomic E-state index is 0.170. The number of aryl methyl sites for hydroxylation is 1. The first kappa shape index (κ1) is 16.3. The molecule has 0 saturated carbocycles. The molecule has 0 fully saturated rings. The van der Waals surface area contributed by atoms with Crippen LogP contribution in [0.3, 0.4) is 0 Å². The number of pyridine rings is 1. The Morgan fingerprint density at radius 1 is 1.08 bits per heavy atom. The predicted octanol–water partition coefficient (Wildman–Crippen LogP) is 4.61. The van der Waals surface area contributed by atoms with Crippen molar-refractivity contribution in [2.24, 2.45) is 0 Å². The van der Waals surface area contributed by atoms with Crippen LogP contribution in [0.25, 0.3) is 0 Å². The van der Waals surface area contributed by atoms with Gasteiger partial charge in [-0.15, -0.1) is 0 Å². The molecule has 1 aliphatic heterocycles. The van der Waals surface area contributed by atoms with E-state index in [0.29, 0.717) is 17.9 Å². The molecule has 4 nitrogen and oxygen atoms in total. The molecule has 0 radical (unpaired) electrons. The van der Waals surface area contributed by atoms with Gasteiger partial charge < -0.3 is 9.64 Å². The molecular weight excluding hydrogens is 331 g/mol. The molecule has 5 heteroatoms. The van der Waals surface area contributed by atoms with E-state index >= 15 is 0 Å². The Bertz CT molecular complexity index is 958. The quantitative estimate of drug-likeness (QED) is 0.694. The number of hydrogen-bond acceptors (Lipinski definition) is 3. The van der Waals surface area contributed by atoms with Gasteiger partial charge in [-0.05, 0) is 48.7 Å². The Morgan fingerprint density at radius 2 is 1.96 bits per heavy atom. The van der Waals surface area contributed by atoms with Gasteiger partial charge in [0.1, 0.15) is 17.1 Å². The lowest BCUT2D eigenvalue weighted by molar-refractivity contribution is 0.0982. The highest BCUT2D eigenvalue weighted by Crippen LogP contribution is 2.31. The van der Waals surface area contributed by atoms with Crippen molar-refractivity contribution < 1.29 is 13.9 Å². The van der Waals surface area contributed by atoms with Crippen LogP contribution in [0.1, 0.15) is 22.3 Å². The second kappa shape index (κ2) is 6.96. The highest BCUT2D eigenvalue weighted by molar-refractivity contribution is 6.08. The zero-order chi connectivity index (χ0) is 17.9. The highest BCUT2D eigenvalue weighted by atomic mass is 19.1. The van der Waals surface area contributed by atoms with E-state index in [0.717, 1.165) is 24.1 Å². The maximum absolute atomic E-state index is 13.4. The van der Waals surface area contributed by atoms with Gasteiger partial charge in [0.2, 0.25) is 5.88 Å². The Labute approximate surface area is 150 Å². The average molecular weight is 348 g/mol. The first-order chi connectivity index (χ1) is 12.7. The molecule has 1 aromatic heterocycles. The number of hydrogen-bond donors (Lipinski definition) is 0. The predicted molar refractivity (Wildman–Crippen MR) is 97.2 cm³/mol. The third-order valence-electron chi connectivity index (χ3n) is 4.37. The summed E-state index contributed by atoms with van der Waals surface area (Å²) in [7, 11) is 0. The molecule has 0 aliphatic carbocycles. The average Bonchev–Trinajstić information content (AvgIpc) is 2.67. The molecule has 0 spiro atoms. The van der Waals surface area contributed by atoms with Gasteiger partial charge >= 0.3 is 0 Å². The zero-order valence-corrected chi connectivity index (χ0v) is 14.1. The summed E-state index contributed by atoms with van der Waals surface area (Å²) in [4.78, 5) is 19.1. The van der Waals surface area contributed by atoms with Gasteiger partial charge in [0, 0.05) is 24.5 Å². The monoisotopic (exact) mass is 348 g/mol. The molecule has 26 heavy (non-hydrogen) atoms. The Hall–Kier alpha value is -3.21. The Morgan fingerprint density at radius 3 is 2.85 bits per heavy atom. The van der Waals surface area contributed by atoms with Crippen LogP contribution in [-0.4, -0.2) is 17.4 Å². The summed E-state index contributed by atoms with van der Waals surface area (Å²) in [5.41, 5.74) is 2.43. The molecule has 4 rings (SSSR count). The molecule has 0 bridgehead atoms. The SMILES string of the molecule is O=C(c1cccnc1Oc1cccc(F)c1)N1CCCc2ccccc21. The number of halogens is 1. The topological polar surface area (TPSA) is 42.4 Å². The number of rotatable bonds is 3. The number of benzene rings is 2. The summed E-state index contributed by atoms with van der Waals surface area (Å²) in [6.45, 7) is 0.643. The number of carbonyl (C=O) groups is 1. The number of nitrogens with zero attached hydrogens (tertiary/aromatic N) is 2. The summed E-state index contributed by atoms with van der Waals surface area (Å²) in [6, 6.07) is 17.1. The van der Waals surface area contributed by atoms with Gasteiger partial charge in [-0.3, -0.25) is 4.79 Å². The van der Waals surface area contributed by atoms with E-state index in [9.17, 15) is 9.18 Å². The maximum Gasteiger partial charge on any atom is 0.263 e. The summed E-state index contributed by atoms with van der Waals surface area (Å²) in [6.07, 6.45) is 3.41. The minimum atomic E-state index is -0.406. The van der Waals surface area contributed by atoms with E-state index in [1.54, 1.807) is 35.4 Å². The van der Waals surface area contributed by atoms with Crippen molar-refractivity contribution in [3.05, 3.63) is 83.8 Å². The lowest BCUT2D eigenvalue weighted by Crippen LogP contribution is -2.35. The van der Waals surface area contributed by atoms with Crippen molar-refractivity contribution >= 4 is 11.6 Å². The van der Waals surface area contributed by atoms with Crippen molar-refractivity contribution in [1.82, 2.24) is 4.98 Å². The number of ether oxygens (including phenoxy) is 1. The second-order valence-electron chi connectivity index (χ2n) is 6.10. The summed E-state index contributed by atoms with van der Waals surface area (Å²) >= 11 is 0. The van der Waals surface area contributed by atoms with E-state index in [-0.39, 0.29) is 11.8 Å².